The first-order valence-corrected chi connectivity index (χ1v) is 18.8. The number of halogens is 2. The first-order chi connectivity index (χ1) is 27.6. The highest BCUT2D eigenvalue weighted by Crippen LogP contribution is 2.43. The molecule has 0 bridgehead atoms. The third-order valence-electron chi connectivity index (χ3n) is 11.2. The van der Waals surface area contributed by atoms with E-state index in [0.29, 0.717) is 66.8 Å². The number of carbonyl (C=O) groups is 2. The van der Waals surface area contributed by atoms with Gasteiger partial charge in [-0.1, -0.05) is 24.3 Å². The van der Waals surface area contributed by atoms with E-state index in [4.69, 9.17) is 14.2 Å². The lowest BCUT2D eigenvalue weighted by Crippen LogP contribution is -2.52. The quantitative estimate of drug-likeness (QED) is 0.179. The zero-order chi connectivity index (χ0) is 39.4. The van der Waals surface area contributed by atoms with Crippen molar-refractivity contribution in [2.75, 3.05) is 44.5 Å². The van der Waals surface area contributed by atoms with Crippen molar-refractivity contribution in [3.8, 4) is 28.5 Å². The Morgan fingerprint density at radius 2 is 1.65 bits per heavy atom. The Morgan fingerprint density at radius 1 is 0.912 bits per heavy atom. The summed E-state index contributed by atoms with van der Waals surface area (Å²) in [7, 11) is 3.31. The molecule has 1 saturated heterocycles. The first kappa shape index (κ1) is 36.4. The second-order valence-corrected chi connectivity index (χ2v) is 14.6. The van der Waals surface area contributed by atoms with Gasteiger partial charge in [0.2, 0.25) is 6.79 Å². The lowest BCUT2D eigenvalue weighted by atomic mass is 9.92. The van der Waals surface area contributed by atoms with Gasteiger partial charge in [-0.05, 0) is 72.1 Å². The third-order valence-corrected chi connectivity index (χ3v) is 11.2. The van der Waals surface area contributed by atoms with Crippen LogP contribution in [-0.2, 0) is 31.8 Å². The maximum atomic E-state index is 15.3. The van der Waals surface area contributed by atoms with E-state index < -0.39 is 18.0 Å². The number of morpholine rings is 1. The standard InChI is InChI=1S/C43H40F2N6O6/c1-47-12-11-27-18-30(22-46-41(27)47)51(29-7-9-32(52)10-8-29)43(54)35-19-36(48(2)39(35)40(44)45)33-20-37-38(57-25-56-37)21-34(33)42(53)50-23-28-6-4-3-5-26(28)17-31(50)24-49-13-15-55-16-14-49/h3-12,18-22,31,40,52H,13-17,23-25H2,1-2H3/t31-/m0/s1. The number of hydrogen-bond donors (Lipinski definition) is 1. The largest absolute Gasteiger partial charge is 0.508 e. The maximum absolute atomic E-state index is 15.3. The molecular weight excluding hydrogens is 735 g/mol. The van der Waals surface area contributed by atoms with E-state index in [9.17, 15) is 9.90 Å². The number of phenolic OH excluding ortho intramolecular Hbond substituents is 1. The molecule has 3 aliphatic rings. The molecule has 6 aromatic rings. The molecule has 1 N–H and O–H groups in total. The summed E-state index contributed by atoms with van der Waals surface area (Å²) in [6.45, 7) is 3.67. The normalized spacial score (nSPS) is 16.6. The van der Waals surface area contributed by atoms with Gasteiger partial charge in [0, 0.05) is 74.8 Å². The van der Waals surface area contributed by atoms with E-state index in [-0.39, 0.29) is 41.3 Å². The van der Waals surface area contributed by atoms with Gasteiger partial charge in [0.25, 0.3) is 18.2 Å². The molecule has 0 saturated carbocycles. The van der Waals surface area contributed by atoms with Crippen molar-refractivity contribution in [3.05, 3.63) is 119 Å². The van der Waals surface area contributed by atoms with Crippen LogP contribution in [0.1, 0.15) is 44.0 Å². The van der Waals surface area contributed by atoms with Crippen LogP contribution in [0.3, 0.4) is 0 Å². The van der Waals surface area contributed by atoms with Gasteiger partial charge >= 0.3 is 0 Å². The molecule has 12 nitrogen and oxygen atoms in total. The minimum atomic E-state index is -3.07. The molecule has 292 valence electrons. The van der Waals surface area contributed by atoms with Gasteiger partial charge in [0.1, 0.15) is 11.4 Å². The van der Waals surface area contributed by atoms with E-state index in [0.717, 1.165) is 24.0 Å². The highest BCUT2D eigenvalue weighted by atomic mass is 19.3. The van der Waals surface area contributed by atoms with E-state index in [1.165, 1.54) is 58.6 Å². The van der Waals surface area contributed by atoms with E-state index in [1.54, 1.807) is 18.2 Å². The minimum absolute atomic E-state index is 0.0255. The van der Waals surface area contributed by atoms with Gasteiger partial charge in [-0.15, -0.1) is 0 Å². The van der Waals surface area contributed by atoms with Crippen LogP contribution in [-0.4, -0.2) is 86.5 Å². The Kier molecular flexibility index (Phi) is 9.37. The number of aromatic nitrogens is 3. The predicted octanol–water partition coefficient (Wildman–Crippen LogP) is 6.83. The zero-order valence-corrected chi connectivity index (χ0v) is 31.4. The topological polar surface area (TPSA) is 115 Å². The molecule has 6 heterocycles. The fourth-order valence-electron chi connectivity index (χ4n) is 8.24. The van der Waals surface area contributed by atoms with Crippen molar-refractivity contribution in [2.45, 2.75) is 25.4 Å². The summed E-state index contributed by atoms with van der Waals surface area (Å²) in [5, 5.41) is 10.8. The average molecular weight is 775 g/mol. The Hall–Kier alpha value is -6.25. The highest BCUT2D eigenvalue weighted by molar-refractivity contribution is 6.13. The lowest BCUT2D eigenvalue weighted by molar-refractivity contribution is 0.0193. The minimum Gasteiger partial charge on any atom is -0.508 e. The van der Waals surface area contributed by atoms with Gasteiger partial charge in [-0.3, -0.25) is 19.4 Å². The number of anilines is 2. The molecule has 14 heteroatoms. The Bertz CT molecular complexity index is 2510. The van der Waals surface area contributed by atoms with Crippen LogP contribution in [0.2, 0.25) is 0 Å². The van der Waals surface area contributed by atoms with Crippen LogP contribution < -0.4 is 14.4 Å². The molecule has 3 aliphatic heterocycles. The number of alkyl halides is 2. The molecule has 0 spiro atoms. The van der Waals surface area contributed by atoms with Crippen molar-refractivity contribution in [3.63, 3.8) is 0 Å². The second kappa shape index (κ2) is 14.7. The second-order valence-electron chi connectivity index (χ2n) is 14.6. The number of aryl methyl sites for hydroxylation is 1. The summed E-state index contributed by atoms with van der Waals surface area (Å²) < 4.78 is 50.9. The fourth-order valence-corrected chi connectivity index (χ4v) is 8.24. The summed E-state index contributed by atoms with van der Waals surface area (Å²) >= 11 is 0. The molecule has 57 heavy (non-hydrogen) atoms. The summed E-state index contributed by atoms with van der Waals surface area (Å²) in [6.07, 6.45) is 0.930. The summed E-state index contributed by atoms with van der Waals surface area (Å²) in [6, 6.07) is 22.1. The Morgan fingerprint density at radius 3 is 2.40 bits per heavy atom. The number of fused-ring (bicyclic) bond motifs is 3. The number of phenols is 1. The number of carbonyl (C=O) groups excluding carboxylic acids is 2. The number of aromatic hydroxyl groups is 1. The SMILES string of the molecule is Cn1c(-c2cc3c(cc2C(=O)N2Cc4ccccc4C[C@H]2CN2CCOCC2)OCO3)cc(C(=O)N(c2ccc(O)cc2)c2cnc3c(ccn3C)c2)c1C(F)F. The number of pyridine rings is 1. The maximum Gasteiger partial charge on any atom is 0.279 e. The van der Waals surface area contributed by atoms with Crippen LogP contribution in [0.5, 0.6) is 17.2 Å². The van der Waals surface area contributed by atoms with Crippen LogP contribution in [0, 0.1) is 0 Å². The van der Waals surface area contributed by atoms with Gasteiger partial charge in [-0.25, -0.2) is 13.8 Å². The summed E-state index contributed by atoms with van der Waals surface area (Å²) in [5.41, 5.74) is 3.55. The van der Waals surface area contributed by atoms with E-state index >= 15 is 13.6 Å². The van der Waals surface area contributed by atoms with Crippen molar-refractivity contribution in [1.29, 1.82) is 0 Å². The van der Waals surface area contributed by atoms with Crippen LogP contribution in [0.15, 0.2) is 91.3 Å². The van der Waals surface area contributed by atoms with Crippen molar-refractivity contribution in [1.82, 2.24) is 23.9 Å². The summed E-state index contributed by atoms with van der Waals surface area (Å²) in [4.78, 5) is 39.9. The molecule has 3 aromatic carbocycles. The molecule has 2 amide bonds. The smallest absolute Gasteiger partial charge is 0.279 e. The Balaban J connectivity index is 1.16. The molecule has 3 aromatic heterocycles. The number of nitrogens with zero attached hydrogens (tertiary/aromatic N) is 6. The number of hydrogen-bond acceptors (Lipinski definition) is 8. The molecule has 0 aliphatic carbocycles. The zero-order valence-electron chi connectivity index (χ0n) is 31.4. The van der Waals surface area contributed by atoms with Crippen LogP contribution in [0.25, 0.3) is 22.3 Å². The third kappa shape index (κ3) is 6.64. The average Bonchev–Trinajstić information content (AvgIpc) is 3.94. The number of amides is 2. The van der Waals surface area contributed by atoms with Crippen LogP contribution in [0.4, 0.5) is 20.2 Å². The number of rotatable bonds is 8. The van der Waals surface area contributed by atoms with E-state index in [1.807, 2.05) is 47.0 Å². The van der Waals surface area contributed by atoms with E-state index in [2.05, 4.69) is 16.0 Å². The van der Waals surface area contributed by atoms with Crippen LogP contribution >= 0.6 is 0 Å². The van der Waals surface area contributed by atoms with Crippen molar-refractivity contribution >= 4 is 34.2 Å². The fraction of sp³-hybridized carbons (Fsp3) is 0.279. The van der Waals surface area contributed by atoms with Gasteiger partial charge < -0.3 is 33.4 Å². The number of ether oxygens (including phenoxy) is 3. The molecule has 1 atom stereocenters. The monoisotopic (exact) mass is 774 g/mol. The molecule has 1 fully saturated rings. The highest BCUT2D eigenvalue weighted by Gasteiger charge is 2.36. The molecule has 0 unspecified atom stereocenters. The number of benzene rings is 3. The van der Waals surface area contributed by atoms with Gasteiger partial charge in [0.15, 0.2) is 11.5 Å². The van der Waals surface area contributed by atoms with Gasteiger partial charge in [-0.2, -0.15) is 0 Å². The van der Waals surface area contributed by atoms with Crippen molar-refractivity contribution in [2.24, 2.45) is 14.1 Å². The van der Waals surface area contributed by atoms with Crippen molar-refractivity contribution < 1.29 is 37.7 Å². The lowest BCUT2D eigenvalue weighted by Gasteiger charge is -2.40. The molecule has 0 radical (unpaired) electrons. The molecule has 9 rings (SSSR count). The van der Waals surface area contributed by atoms with Gasteiger partial charge in [0.05, 0.1) is 41.9 Å². The Labute approximate surface area is 327 Å². The first-order valence-electron chi connectivity index (χ1n) is 18.8. The summed E-state index contributed by atoms with van der Waals surface area (Å²) in [5.74, 6) is -0.344. The predicted molar refractivity (Wildman–Crippen MR) is 208 cm³/mol. The molecular formula is C43H40F2N6O6.